The van der Waals surface area contributed by atoms with Gasteiger partial charge in [0.15, 0.2) is 0 Å². The molecule has 1 aromatic heterocycles. The van der Waals surface area contributed by atoms with Gasteiger partial charge in [0.25, 0.3) is 0 Å². The molecule has 0 spiro atoms. The second-order valence-corrected chi connectivity index (χ2v) is 5.64. The maximum absolute atomic E-state index is 10.8. The van der Waals surface area contributed by atoms with E-state index in [0.717, 1.165) is 6.42 Å². The summed E-state index contributed by atoms with van der Waals surface area (Å²) in [4.78, 5) is 14.3. The van der Waals surface area contributed by atoms with Gasteiger partial charge >= 0.3 is 5.69 Å². The normalized spacial score (nSPS) is 19.2. The van der Waals surface area contributed by atoms with Crippen LogP contribution in [0, 0.1) is 10.1 Å². The molecular formula is C10H12ClN3O2S. The van der Waals surface area contributed by atoms with Crippen LogP contribution in [0.3, 0.4) is 0 Å². The van der Waals surface area contributed by atoms with E-state index in [9.17, 15) is 10.1 Å². The maximum Gasteiger partial charge on any atom is 0.312 e. The van der Waals surface area contributed by atoms with Crippen molar-refractivity contribution in [3.05, 3.63) is 27.4 Å². The third-order valence-corrected chi connectivity index (χ3v) is 4.16. The average molecular weight is 274 g/mol. The van der Waals surface area contributed by atoms with Gasteiger partial charge in [-0.3, -0.25) is 10.1 Å². The lowest BCUT2D eigenvalue weighted by Crippen LogP contribution is -2.15. The van der Waals surface area contributed by atoms with Crippen molar-refractivity contribution in [3.63, 3.8) is 0 Å². The highest BCUT2D eigenvalue weighted by atomic mass is 35.5. The van der Waals surface area contributed by atoms with Gasteiger partial charge in [-0.05, 0) is 18.6 Å². The molecule has 1 saturated heterocycles. The number of nitrogens with one attached hydrogen (secondary N) is 1. The standard InChI is InChI=1S/C10H12ClN3O2S/c11-7-4-9(14(15)16)10(12-5-7)13-6-8-2-1-3-17-8/h4-5,8H,1-3,6H2,(H,12,13). The Morgan fingerprint density at radius 3 is 3.18 bits per heavy atom. The van der Waals surface area contributed by atoms with Gasteiger partial charge in [0.05, 0.1) is 9.95 Å². The van der Waals surface area contributed by atoms with Crippen LogP contribution in [0.25, 0.3) is 0 Å². The van der Waals surface area contributed by atoms with Crippen LogP contribution in [0.1, 0.15) is 12.8 Å². The number of thioether (sulfide) groups is 1. The lowest BCUT2D eigenvalue weighted by Gasteiger charge is -2.10. The van der Waals surface area contributed by atoms with Gasteiger partial charge in [-0.1, -0.05) is 11.6 Å². The lowest BCUT2D eigenvalue weighted by atomic mass is 10.2. The molecule has 1 aliphatic rings. The number of anilines is 1. The largest absolute Gasteiger partial charge is 0.363 e. The minimum absolute atomic E-state index is 0.0690. The summed E-state index contributed by atoms with van der Waals surface area (Å²) in [6.45, 7) is 0.708. The number of pyridine rings is 1. The van der Waals surface area contributed by atoms with E-state index in [1.165, 1.54) is 24.4 Å². The lowest BCUT2D eigenvalue weighted by molar-refractivity contribution is -0.384. The van der Waals surface area contributed by atoms with E-state index in [2.05, 4.69) is 10.3 Å². The number of hydrogen-bond donors (Lipinski definition) is 1. The van der Waals surface area contributed by atoms with Crippen LogP contribution in [-0.2, 0) is 0 Å². The fourth-order valence-corrected chi connectivity index (χ4v) is 3.07. The minimum Gasteiger partial charge on any atom is -0.363 e. The third kappa shape index (κ3) is 3.23. The van der Waals surface area contributed by atoms with E-state index >= 15 is 0 Å². The monoisotopic (exact) mass is 273 g/mol. The third-order valence-electron chi connectivity index (χ3n) is 2.55. The number of hydrogen-bond acceptors (Lipinski definition) is 5. The highest BCUT2D eigenvalue weighted by molar-refractivity contribution is 8.00. The first kappa shape index (κ1) is 12.4. The topological polar surface area (TPSA) is 68.1 Å². The predicted molar refractivity (Wildman–Crippen MR) is 69.9 cm³/mol. The van der Waals surface area contributed by atoms with Crippen molar-refractivity contribution in [1.29, 1.82) is 0 Å². The van der Waals surface area contributed by atoms with Crippen molar-refractivity contribution in [2.75, 3.05) is 17.6 Å². The van der Waals surface area contributed by atoms with Crippen LogP contribution < -0.4 is 5.32 Å². The molecule has 0 saturated carbocycles. The van der Waals surface area contributed by atoms with E-state index in [-0.39, 0.29) is 10.7 Å². The van der Waals surface area contributed by atoms with E-state index in [4.69, 9.17) is 11.6 Å². The summed E-state index contributed by atoms with van der Waals surface area (Å²) in [6, 6.07) is 1.32. The smallest absolute Gasteiger partial charge is 0.312 e. The number of halogens is 1. The molecule has 1 atom stereocenters. The summed E-state index contributed by atoms with van der Waals surface area (Å²) in [5.41, 5.74) is -0.0690. The van der Waals surface area contributed by atoms with Crippen LogP contribution in [0.5, 0.6) is 0 Å². The fourth-order valence-electron chi connectivity index (χ4n) is 1.72. The zero-order chi connectivity index (χ0) is 12.3. The van der Waals surface area contributed by atoms with Crippen molar-refractivity contribution in [2.24, 2.45) is 0 Å². The Kier molecular flexibility index (Phi) is 4.06. The van der Waals surface area contributed by atoms with E-state index < -0.39 is 4.92 Å². The maximum atomic E-state index is 10.8. The summed E-state index contributed by atoms with van der Waals surface area (Å²) in [6.07, 6.45) is 3.78. The number of nitrogens with zero attached hydrogens (tertiary/aromatic N) is 2. The SMILES string of the molecule is O=[N+]([O-])c1cc(Cl)cnc1NCC1CCCS1. The average Bonchev–Trinajstić information content (AvgIpc) is 2.80. The second-order valence-electron chi connectivity index (χ2n) is 3.79. The van der Waals surface area contributed by atoms with Crippen LogP contribution in [0.2, 0.25) is 5.02 Å². The van der Waals surface area contributed by atoms with Crippen LogP contribution >= 0.6 is 23.4 Å². The summed E-state index contributed by atoms with van der Waals surface area (Å²) in [7, 11) is 0. The van der Waals surface area contributed by atoms with E-state index in [1.807, 2.05) is 11.8 Å². The molecule has 2 rings (SSSR count). The Balaban J connectivity index is 2.06. The molecule has 0 aromatic carbocycles. The molecule has 1 N–H and O–H groups in total. The van der Waals surface area contributed by atoms with Crippen LogP contribution in [-0.4, -0.2) is 27.5 Å². The number of rotatable bonds is 4. The van der Waals surface area contributed by atoms with Gasteiger partial charge in [0.2, 0.25) is 5.82 Å². The highest BCUT2D eigenvalue weighted by Crippen LogP contribution is 2.28. The predicted octanol–water partition coefficient (Wildman–Crippen LogP) is 2.95. The molecule has 2 heterocycles. The van der Waals surface area contributed by atoms with Crippen molar-refractivity contribution < 1.29 is 4.92 Å². The van der Waals surface area contributed by atoms with E-state index in [1.54, 1.807) is 0 Å². The van der Waals surface area contributed by atoms with Gasteiger partial charge in [-0.25, -0.2) is 4.98 Å². The summed E-state index contributed by atoms with van der Waals surface area (Å²) < 4.78 is 0. The van der Waals surface area contributed by atoms with Gasteiger partial charge < -0.3 is 5.32 Å². The first-order valence-electron chi connectivity index (χ1n) is 5.32. The number of aromatic nitrogens is 1. The molecule has 0 aliphatic carbocycles. The Hall–Kier alpha value is -1.01. The van der Waals surface area contributed by atoms with Crippen LogP contribution in [0.15, 0.2) is 12.3 Å². The Bertz CT molecular complexity index is 424. The molecule has 1 fully saturated rings. The van der Waals surface area contributed by atoms with Crippen molar-refractivity contribution in [2.45, 2.75) is 18.1 Å². The Morgan fingerprint density at radius 2 is 2.53 bits per heavy atom. The number of nitro groups is 1. The molecule has 0 amide bonds. The molecule has 1 unspecified atom stereocenters. The molecule has 5 nitrogen and oxygen atoms in total. The quantitative estimate of drug-likeness (QED) is 0.675. The highest BCUT2D eigenvalue weighted by Gasteiger charge is 2.19. The molecular weight excluding hydrogens is 262 g/mol. The summed E-state index contributed by atoms with van der Waals surface area (Å²) in [5, 5.41) is 14.7. The molecule has 17 heavy (non-hydrogen) atoms. The summed E-state index contributed by atoms with van der Waals surface area (Å²) in [5.74, 6) is 1.47. The molecule has 92 valence electrons. The van der Waals surface area contributed by atoms with Crippen molar-refractivity contribution in [3.8, 4) is 0 Å². The van der Waals surface area contributed by atoms with Crippen molar-refractivity contribution >= 4 is 34.9 Å². The molecule has 1 aliphatic heterocycles. The zero-order valence-electron chi connectivity index (χ0n) is 9.06. The van der Waals surface area contributed by atoms with Gasteiger partial charge in [-0.2, -0.15) is 11.8 Å². The second kappa shape index (κ2) is 5.55. The van der Waals surface area contributed by atoms with Crippen molar-refractivity contribution in [1.82, 2.24) is 4.98 Å². The molecule has 1 aromatic rings. The zero-order valence-corrected chi connectivity index (χ0v) is 10.6. The molecule has 7 heteroatoms. The molecule has 0 bridgehead atoms. The van der Waals surface area contributed by atoms with Gasteiger partial charge in [0, 0.05) is 24.1 Å². The van der Waals surface area contributed by atoms with Gasteiger partial charge in [-0.15, -0.1) is 0 Å². The first-order valence-corrected chi connectivity index (χ1v) is 6.75. The minimum atomic E-state index is -0.469. The van der Waals surface area contributed by atoms with E-state index in [0.29, 0.717) is 17.6 Å². The van der Waals surface area contributed by atoms with Gasteiger partial charge in [0.1, 0.15) is 0 Å². The fraction of sp³-hybridized carbons (Fsp3) is 0.500. The Morgan fingerprint density at radius 1 is 1.71 bits per heavy atom. The van der Waals surface area contributed by atoms with Crippen LogP contribution in [0.4, 0.5) is 11.5 Å². The summed E-state index contributed by atoms with van der Waals surface area (Å²) >= 11 is 7.58. The molecule has 0 radical (unpaired) electrons. The Labute approximate surface area is 108 Å². The first-order chi connectivity index (χ1) is 8.16.